The minimum absolute atomic E-state index is 0.00568. The van der Waals surface area contributed by atoms with E-state index in [-0.39, 0.29) is 24.1 Å². The number of carbonyl (C=O) groups excluding carboxylic acids is 1. The highest BCUT2D eigenvalue weighted by molar-refractivity contribution is 7.16. The van der Waals surface area contributed by atoms with E-state index in [9.17, 15) is 9.59 Å². The van der Waals surface area contributed by atoms with Gasteiger partial charge in [0.25, 0.3) is 5.56 Å². The smallest absolute Gasteiger partial charge is 0.306 e. The normalized spacial score (nSPS) is 11.2. The fraction of sp³-hybridized carbons (Fsp3) is 0.333. The van der Waals surface area contributed by atoms with E-state index in [0.717, 1.165) is 10.6 Å². The molecule has 0 atom stereocenters. The van der Waals surface area contributed by atoms with Crippen molar-refractivity contribution in [3.63, 3.8) is 0 Å². The zero-order valence-corrected chi connectivity index (χ0v) is 15.0. The molecule has 7 heteroatoms. The molecule has 0 fully saturated rings. The Morgan fingerprint density at radius 2 is 2.04 bits per heavy atom. The summed E-state index contributed by atoms with van der Waals surface area (Å²) in [5.74, 6) is -0.0802. The van der Waals surface area contributed by atoms with E-state index in [1.807, 2.05) is 44.2 Å². The summed E-state index contributed by atoms with van der Waals surface area (Å²) in [5, 5.41) is 5.11. The molecule has 0 bridgehead atoms. The summed E-state index contributed by atoms with van der Waals surface area (Å²) in [6.45, 7) is 4.02. The second kappa shape index (κ2) is 7.57. The lowest BCUT2D eigenvalue weighted by molar-refractivity contribution is -0.145. The molecular formula is C18H19N3O3S. The first-order valence-corrected chi connectivity index (χ1v) is 8.94. The van der Waals surface area contributed by atoms with Crippen molar-refractivity contribution in [1.82, 2.24) is 14.6 Å². The second-order valence-electron chi connectivity index (χ2n) is 6.02. The number of hydrogen-bond acceptors (Lipinski definition) is 6. The molecule has 0 amide bonds. The van der Waals surface area contributed by atoms with E-state index >= 15 is 0 Å². The fourth-order valence-corrected chi connectivity index (χ4v) is 3.22. The zero-order valence-electron chi connectivity index (χ0n) is 14.1. The van der Waals surface area contributed by atoms with Crippen LogP contribution in [0.4, 0.5) is 0 Å². The van der Waals surface area contributed by atoms with Gasteiger partial charge < -0.3 is 4.74 Å². The number of carbonyl (C=O) groups is 1. The lowest BCUT2D eigenvalue weighted by Gasteiger charge is -2.04. The lowest BCUT2D eigenvalue weighted by Crippen LogP contribution is -2.16. The van der Waals surface area contributed by atoms with Crippen LogP contribution in [0.15, 0.2) is 41.2 Å². The third-order valence-corrected chi connectivity index (χ3v) is 4.86. The van der Waals surface area contributed by atoms with Gasteiger partial charge in [0.2, 0.25) is 4.96 Å². The Labute approximate surface area is 149 Å². The molecule has 0 aliphatic carbocycles. The number of esters is 1. The molecule has 0 N–H and O–H groups in total. The number of rotatable bonds is 6. The van der Waals surface area contributed by atoms with Crippen molar-refractivity contribution in [2.45, 2.75) is 39.2 Å². The average Bonchev–Trinajstić information content (AvgIpc) is 3.04. The summed E-state index contributed by atoms with van der Waals surface area (Å²) < 4.78 is 6.54. The molecule has 3 rings (SSSR count). The monoisotopic (exact) mass is 357 g/mol. The molecule has 0 saturated carbocycles. The van der Waals surface area contributed by atoms with Crippen molar-refractivity contribution < 1.29 is 9.53 Å². The molecule has 2 aromatic heterocycles. The maximum Gasteiger partial charge on any atom is 0.306 e. The SMILES string of the molecule is CC(C)c1nn2c(=O)cc(COC(=O)CCc3ccccc3)nc2s1. The average molecular weight is 357 g/mol. The molecule has 3 aromatic rings. The van der Waals surface area contributed by atoms with Crippen molar-refractivity contribution >= 4 is 22.3 Å². The number of aryl methyl sites for hydroxylation is 1. The van der Waals surface area contributed by atoms with Crippen LogP contribution >= 0.6 is 11.3 Å². The molecule has 0 aliphatic heterocycles. The van der Waals surface area contributed by atoms with Gasteiger partial charge >= 0.3 is 5.97 Å². The van der Waals surface area contributed by atoms with Crippen molar-refractivity contribution in [3.8, 4) is 0 Å². The highest BCUT2D eigenvalue weighted by Gasteiger charge is 2.12. The summed E-state index contributed by atoms with van der Waals surface area (Å²) in [7, 11) is 0. The van der Waals surface area contributed by atoms with Crippen LogP contribution in [0.5, 0.6) is 0 Å². The van der Waals surface area contributed by atoms with Gasteiger partial charge in [-0.05, 0) is 12.0 Å². The van der Waals surface area contributed by atoms with E-state index in [1.165, 1.54) is 21.9 Å². The Hall–Kier alpha value is -2.54. The first kappa shape index (κ1) is 17.3. The summed E-state index contributed by atoms with van der Waals surface area (Å²) in [5.41, 5.74) is 1.27. The van der Waals surface area contributed by atoms with Crippen LogP contribution in [0.2, 0.25) is 0 Å². The highest BCUT2D eigenvalue weighted by Crippen LogP contribution is 2.19. The van der Waals surface area contributed by atoms with E-state index in [1.54, 1.807) is 0 Å². The summed E-state index contributed by atoms with van der Waals surface area (Å²) in [6.07, 6.45) is 0.921. The molecule has 0 radical (unpaired) electrons. The minimum Gasteiger partial charge on any atom is -0.459 e. The van der Waals surface area contributed by atoms with E-state index in [4.69, 9.17) is 4.74 Å². The lowest BCUT2D eigenvalue weighted by atomic mass is 10.1. The van der Waals surface area contributed by atoms with Gasteiger partial charge in [-0.2, -0.15) is 9.61 Å². The summed E-state index contributed by atoms with van der Waals surface area (Å²) in [4.78, 5) is 28.9. The van der Waals surface area contributed by atoms with Gasteiger partial charge in [-0.3, -0.25) is 9.59 Å². The minimum atomic E-state index is -0.307. The Kier molecular flexibility index (Phi) is 5.23. The molecule has 25 heavy (non-hydrogen) atoms. The van der Waals surface area contributed by atoms with Crippen LogP contribution in [0, 0.1) is 0 Å². The number of nitrogens with zero attached hydrogens (tertiary/aromatic N) is 3. The van der Waals surface area contributed by atoms with Crippen LogP contribution < -0.4 is 5.56 Å². The van der Waals surface area contributed by atoms with E-state index in [2.05, 4.69) is 10.1 Å². The second-order valence-corrected chi connectivity index (χ2v) is 7.01. The number of benzene rings is 1. The van der Waals surface area contributed by atoms with Gasteiger partial charge in [-0.15, -0.1) is 0 Å². The molecule has 6 nitrogen and oxygen atoms in total. The van der Waals surface area contributed by atoms with Crippen LogP contribution in [-0.2, 0) is 22.6 Å². The standard InChI is InChI=1S/C18H19N3O3S/c1-12(2)17-20-21-15(22)10-14(19-18(21)25-17)11-24-16(23)9-8-13-6-4-3-5-7-13/h3-7,10,12H,8-9,11H2,1-2H3. The predicted octanol–water partition coefficient (Wildman–Crippen LogP) is 2.95. The Balaban J connectivity index is 1.62. The molecule has 0 unspecified atom stereocenters. The maximum absolute atomic E-state index is 12.1. The van der Waals surface area contributed by atoms with Gasteiger partial charge in [-0.1, -0.05) is 55.5 Å². The van der Waals surface area contributed by atoms with Crippen LogP contribution in [0.1, 0.15) is 42.5 Å². The number of fused-ring (bicyclic) bond motifs is 1. The number of aromatic nitrogens is 3. The van der Waals surface area contributed by atoms with Gasteiger partial charge in [0.15, 0.2) is 0 Å². The van der Waals surface area contributed by atoms with Gasteiger partial charge in [0.1, 0.15) is 11.6 Å². The first-order valence-electron chi connectivity index (χ1n) is 8.12. The van der Waals surface area contributed by atoms with Crippen molar-refractivity contribution in [1.29, 1.82) is 0 Å². The molecule has 1 aromatic carbocycles. The van der Waals surface area contributed by atoms with Crippen LogP contribution in [0.3, 0.4) is 0 Å². The third-order valence-electron chi connectivity index (χ3n) is 3.65. The largest absolute Gasteiger partial charge is 0.459 e. The quantitative estimate of drug-likeness (QED) is 0.634. The van der Waals surface area contributed by atoms with E-state index < -0.39 is 0 Å². The van der Waals surface area contributed by atoms with Gasteiger partial charge in [0.05, 0.1) is 5.69 Å². The predicted molar refractivity (Wildman–Crippen MR) is 95.8 cm³/mol. The number of hydrogen-bond donors (Lipinski definition) is 0. The molecule has 0 spiro atoms. The van der Waals surface area contributed by atoms with Crippen molar-refractivity contribution in [3.05, 3.63) is 63.0 Å². The Bertz CT molecular complexity index is 932. The summed E-state index contributed by atoms with van der Waals surface area (Å²) in [6, 6.07) is 11.1. The fourth-order valence-electron chi connectivity index (χ4n) is 2.30. The van der Waals surface area contributed by atoms with Gasteiger partial charge in [0, 0.05) is 18.4 Å². The van der Waals surface area contributed by atoms with Crippen molar-refractivity contribution in [2.24, 2.45) is 0 Å². The summed E-state index contributed by atoms with van der Waals surface area (Å²) >= 11 is 1.38. The Morgan fingerprint density at radius 1 is 1.28 bits per heavy atom. The molecule has 130 valence electrons. The number of ether oxygens (including phenoxy) is 1. The Morgan fingerprint density at radius 3 is 2.76 bits per heavy atom. The highest BCUT2D eigenvalue weighted by atomic mass is 32.1. The van der Waals surface area contributed by atoms with Crippen molar-refractivity contribution in [2.75, 3.05) is 0 Å². The molecule has 0 saturated heterocycles. The first-order chi connectivity index (χ1) is 12.0. The molecular weight excluding hydrogens is 338 g/mol. The zero-order chi connectivity index (χ0) is 17.8. The molecule has 0 aliphatic rings. The van der Waals surface area contributed by atoms with Crippen LogP contribution in [0.25, 0.3) is 4.96 Å². The van der Waals surface area contributed by atoms with Gasteiger partial charge in [-0.25, -0.2) is 4.98 Å². The molecule has 2 heterocycles. The maximum atomic E-state index is 12.1. The van der Waals surface area contributed by atoms with Crippen LogP contribution in [-0.4, -0.2) is 20.6 Å². The topological polar surface area (TPSA) is 73.6 Å². The third kappa shape index (κ3) is 4.30. The van der Waals surface area contributed by atoms with E-state index in [0.29, 0.717) is 23.5 Å².